The topological polar surface area (TPSA) is 32.8 Å². The molecule has 0 N–H and O–H groups in total. The highest BCUT2D eigenvalue weighted by Crippen LogP contribution is 2.24. The minimum Gasteiger partial charge on any atom is -0.483 e. The van der Waals surface area contributed by atoms with Crippen molar-refractivity contribution in [1.82, 2.24) is 9.80 Å². The molecule has 2 aromatic carbocycles. The molecule has 0 radical (unpaired) electrons. The lowest BCUT2D eigenvalue weighted by Crippen LogP contribution is -2.49. The van der Waals surface area contributed by atoms with Crippen LogP contribution in [0.5, 0.6) is 5.75 Å². The molecule has 5 heteroatoms. The molecular formula is C23H29ClN2O2. The Balaban J connectivity index is 1.47. The second-order valence-corrected chi connectivity index (χ2v) is 8.19. The van der Waals surface area contributed by atoms with Gasteiger partial charge in [-0.05, 0) is 47.7 Å². The van der Waals surface area contributed by atoms with Crippen molar-refractivity contribution in [2.24, 2.45) is 0 Å². The summed E-state index contributed by atoms with van der Waals surface area (Å²) in [7, 11) is 0. The van der Waals surface area contributed by atoms with Crippen LogP contribution in [0.25, 0.3) is 0 Å². The summed E-state index contributed by atoms with van der Waals surface area (Å²) in [5.74, 6) is 1.30. The van der Waals surface area contributed by atoms with E-state index in [1.807, 2.05) is 24.0 Å². The second-order valence-electron chi connectivity index (χ2n) is 7.75. The number of hydrogen-bond acceptors (Lipinski definition) is 3. The molecular weight excluding hydrogens is 372 g/mol. The van der Waals surface area contributed by atoms with Crippen LogP contribution in [-0.4, -0.2) is 48.5 Å². The van der Waals surface area contributed by atoms with Crippen molar-refractivity contribution in [3.05, 3.63) is 64.2 Å². The van der Waals surface area contributed by atoms with Crippen LogP contribution in [0.3, 0.4) is 0 Å². The third kappa shape index (κ3) is 5.49. The number of amides is 1. The van der Waals surface area contributed by atoms with Gasteiger partial charge in [0.25, 0.3) is 5.91 Å². The maximum atomic E-state index is 12.6. The molecule has 0 aromatic heterocycles. The Morgan fingerprint density at radius 2 is 1.75 bits per heavy atom. The smallest absolute Gasteiger partial charge is 0.260 e. The van der Waals surface area contributed by atoms with Crippen LogP contribution in [0.1, 0.15) is 36.5 Å². The van der Waals surface area contributed by atoms with Crippen LogP contribution in [0, 0.1) is 6.92 Å². The van der Waals surface area contributed by atoms with Gasteiger partial charge in [-0.15, -0.1) is 0 Å². The van der Waals surface area contributed by atoms with Crippen molar-refractivity contribution < 1.29 is 9.53 Å². The third-order valence-corrected chi connectivity index (χ3v) is 5.53. The van der Waals surface area contributed by atoms with E-state index in [9.17, 15) is 4.79 Å². The van der Waals surface area contributed by atoms with Gasteiger partial charge in [-0.2, -0.15) is 0 Å². The normalized spacial score (nSPS) is 15.1. The molecule has 150 valence electrons. The number of hydrogen-bond donors (Lipinski definition) is 0. The summed E-state index contributed by atoms with van der Waals surface area (Å²) < 4.78 is 5.86. The van der Waals surface area contributed by atoms with E-state index in [0.29, 0.717) is 5.92 Å². The number of halogens is 1. The van der Waals surface area contributed by atoms with E-state index in [2.05, 4.69) is 49.1 Å². The summed E-state index contributed by atoms with van der Waals surface area (Å²) in [5, 5.41) is 0.758. The molecule has 1 amide bonds. The van der Waals surface area contributed by atoms with Crippen molar-refractivity contribution in [3.63, 3.8) is 0 Å². The fourth-order valence-electron chi connectivity index (χ4n) is 3.37. The third-order valence-electron chi connectivity index (χ3n) is 5.27. The molecule has 1 heterocycles. The zero-order valence-electron chi connectivity index (χ0n) is 17.0. The van der Waals surface area contributed by atoms with Crippen molar-refractivity contribution >= 4 is 17.5 Å². The summed E-state index contributed by atoms with van der Waals surface area (Å²) in [5.41, 5.74) is 3.53. The van der Waals surface area contributed by atoms with Gasteiger partial charge in [0.1, 0.15) is 5.75 Å². The zero-order chi connectivity index (χ0) is 20.1. The summed E-state index contributed by atoms with van der Waals surface area (Å²) in [6, 6.07) is 14.2. The van der Waals surface area contributed by atoms with Crippen LogP contribution in [0.15, 0.2) is 42.5 Å². The first-order valence-electron chi connectivity index (χ1n) is 9.90. The average molecular weight is 401 g/mol. The number of rotatable bonds is 6. The fourth-order valence-corrected chi connectivity index (χ4v) is 3.49. The van der Waals surface area contributed by atoms with Gasteiger partial charge in [0.2, 0.25) is 0 Å². The van der Waals surface area contributed by atoms with Gasteiger partial charge in [-0.25, -0.2) is 0 Å². The predicted molar refractivity (Wildman–Crippen MR) is 114 cm³/mol. The first kappa shape index (κ1) is 20.7. The van der Waals surface area contributed by atoms with Gasteiger partial charge >= 0.3 is 0 Å². The van der Waals surface area contributed by atoms with Gasteiger partial charge in [0.05, 0.1) is 0 Å². The highest BCUT2D eigenvalue weighted by molar-refractivity contribution is 6.30. The van der Waals surface area contributed by atoms with Gasteiger partial charge in [0.15, 0.2) is 6.61 Å². The van der Waals surface area contributed by atoms with E-state index in [1.54, 1.807) is 0 Å². The summed E-state index contributed by atoms with van der Waals surface area (Å²) in [4.78, 5) is 16.8. The molecule has 28 heavy (non-hydrogen) atoms. The number of nitrogens with zero attached hydrogens (tertiary/aromatic N) is 2. The quantitative estimate of drug-likeness (QED) is 0.715. The second kappa shape index (κ2) is 9.44. The average Bonchev–Trinajstić information content (AvgIpc) is 2.69. The van der Waals surface area contributed by atoms with E-state index >= 15 is 0 Å². The summed E-state index contributed by atoms with van der Waals surface area (Å²) in [6.07, 6.45) is 0. The van der Waals surface area contributed by atoms with Crippen molar-refractivity contribution in [1.29, 1.82) is 0 Å². The number of ether oxygens (including phenoxy) is 1. The standard InChI is InChI=1S/C23H29ClN2O2/c1-17(2)20-7-4-18(3)22(14-20)28-16-23(27)26-12-10-25(11-13-26)15-19-5-8-21(24)9-6-19/h4-9,14,17H,10-13,15-16H2,1-3H3. The molecule has 1 saturated heterocycles. The molecule has 0 saturated carbocycles. The maximum Gasteiger partial charge on any atom is 0.260 e. The number of aryl methyl sites for hydroxylation is 1. The minimum absolute atomic E-state index is 0.0560. The predicted octanol–water partition coefficient (Wildman–Crippen LogP) is 4.50. The zero-order valence-corrected chi connectivity index (χ0v) is 17.7. The Morgan fingerprint density at radius 1 is 1.07 bits per heavy atom. The van der Waals surface area contributed by atoms with Gasteiger partial charge in [-0.1, -0.05) is 49.7 Å². The minimum atomic E-state index is 0.0560. The van der Waals surface area contributed by atoms with Gasteiger partial charge < -0.3 is 9.64 Å². The van der Waals surface area contributed by atoms with Gasteiger partial charge in [-0.3, -0.25) is 9.69 Å². The van der Waals surface area contributed by atoms with E-state index in [1.165, 1.54) is 11.1 Å². The van der Waals surface area contributed by atoms with E-state index < -0.39 is 0 Å². The van der Waals surface area contributed by atoms with Crippen LogP contribution >= 0.6 is 11.6 Å². The molecule has 0 bridgehead atoms. The molecule has 1 aliphatic heterocycles. The van der Waals surface area contributed by atoms with Crippen molar-refractivity contribution in [2.45, 2.75) is 33.2 Å². The van der Waals surface area contributed by atoms with E-state index in [0.717, 1.165) is 49.1 Å². The Bertz CT molecular complexity index is 797. The summed E-state index contributed by atoms with van der Waals surface area (Å²) >= 11 is 5.95. The van der Waals surface area contributed by atoms with Crippen LogP contribution < -0.4 is 4.74 Å². The van der Waals surface area contributed by atoms with E-state index in [4.69, 9.17) is 16.3 Å². The van der Waals surface area contributed by atoms with Crippen LogP contribution in [0.4, 0.5) is 0 Å². The fraction of sp³-hybridized carbons (Fsp3) is 0.435. The molecule has 0 spiro atoms. The Kier molecular flexibility index (Phi) is 6.97. The monoisotopic (exact) mass is 400 g/mol. The molecule has 4 nitrogen and oxygen atoms in total. The lowest BCUT2D eigenvalue weighted by Gasteiger charge is -2.34. The number of carbonyl (C=O) groups excluding carboxylic acids is 1. The Morgan fingerprint density at radius 3 is 2.39 bits per heavy atom. The van der Waals surface area contributed by atoms with Crippen LogP contribution in [-0.2, 0) is 11.3 Å². The molecule has 0 atom stereocenters. The molecule has 1 fully saturated rings. The summed E-state index contributed by atoms with van der Waals surface area (Å²) in [6.45, 7) is 10.5. The lowest BCUT2D eigenvalue weighted by molar-refractivity contribution is -0.135. The SMILES string of the molecule is Cc1ccc(C(C)C)cc1OCC(=O)N1CCN(Cc2ccc(Cl)cc2)CC1. The molecule has 2 aromatic rings. The number of carbonyl (C=O) groups is 1. The Hall–Kier alpha value is -2.04. The first-order chi connectivity index (χ1) is 13.4. The van der Waals surface area contributed by atoms with Crippen LogP contribution in [0.2, 0.25) is 5.02 Å². The highest BCUT2D eigenvalue weighted by Gasteiger charge is 2.21. The molecule has 0 aliphatic carbocycles. The highest BCUT2D eigenvalue weighted by atomic mass is 35.5. The van der Waals surface area contributed by atoms with Gasteiger partial charge in [0, 0.05) is 37.7 Å². The van der Waals surface area contributed by atoms with E-state index in [-0.39, 0.29) is 12.5 Å². The molecule has 3 rings (SSSR count). The van der Waals surface area contributed by atoms with Crippen molar-refractivity contribution in [2.75, 3.05) is 32.8 Å². The Labute approximate surface area is 173 Å². The molecule has 0 unspecified atom stereocenters. The first-order valence-corrected chi connectivity index (χ1v) is 10.3. The molecule has 1 aliphatic rings. The maximum absolute atomic E-state index is 12.6. The number of piperazine rings is 1. The lowest BCUT2D eigenvalue weighted by atomic mass is 10.0. The van der Waals surface area contributed by atoms with Crippen molar-refractivity contribution in [3.8, 4) is 5.75 Å². The largest absolute Gasteiger partial charge is 0.483 e. The number of benzene rings is 2.